The van der Waals surface area contributed by atoms with E-state index in [0.717, 1.165) is 0 Å². The maximum atomic E-state index is 12.9. The number of anilines is 1. The zero-order valence-corrected chi connectivity index (χ0v) is 18.8. The Kier molecular flexibility index (Phi) is 6.25. The summed E-state index contributed by atoms with van der Waals surface area (Å²) in [4.78, 5) is 24.4. The van der Waals surface area contributed by atoms with E-state index in [0.29, 0.717) is 64.6 Å². The minimum atomic E-state index is -0.113. The van der Waals surface area contributed by atoms with Crippen molar-refractivity contribution in [2.45, 2.75) is 27.7 Å². The molecule has 0 saturated heterocycles. The van der Waals surface area contributed by atoms with Gasteiger partial charge in [0.2, 0.25) is 0 Å². The molecule has 7 heteroatoms. The van der Waals surface area contributed by atoms with Crippen molar-refractivity contribution in [3.63, 3.8) is 0 Å². The molecule has 3 heterocycles. The van der Waals surface area contributed by atoms with Crippen LogP contribution in [0.15, 0.2) is 63.8 Å². The molecular weight excluding hydrogens is 404 g/mol. The third kappa shape index (κ3) is 4.82. The second-order valence-corrected chi connectivity index (χ2v) is 8.70. The molecule has 1 aromatic carbocycles. The van der Waals surface area contributed by atoms with Crippen molar-refractivity contribution in [2.75, 3.05) is 18.4 Å². The van der Waals surface area contributed by atoms with Gasteiger partial charge in [-0.15, -0.1) is 0 Å². The number of furan rings is 2. The van der Waals surface area contributed by atoms with Crippen LogP contribution in [0.2, 0.25) is 0 Å². The quantitative estimate of drug-likeness (QED) is 0.371. The van der Waals surface area contributed by atoms with Gasteiger partial charge in [-0.05, 0) is 54.3 Å². The molecular formula is C25H28N4O3. The molecule has 0 bridgehead atoms. The lowest BCUT2D eigenvalue weighted by Gasteiger charge is -2.26. The molecule has 4 rings (SSSR count). The first-order valence-corrected chi connectivity index (χ1v) is 10.9. The van der Waals surface area contributed by atoms with Crippen molar-refractivity contribution in [1.29, 1.82) is 0 Å². The average molecular weight is 433 g/mol. The van der Waals surface area contributed by atoms with Gasteiger partial charge in [0.15, 0.2) is 11.5 Å². The monoisotopic (exact) mass is 432 g/mol. The van der Waals surface area contributed by atoms with E-state index >= 15 is 0 Å². The Balaban J connectivity index is 1.68. The first-order chi connectivity index (χ1) is 15.4. The molecule has 0 fully saturated rings. The summed E-state index contributed by atoms with van der Waals surface area (Å²) < 4.78 is 11.2. The Labute approximate surface area is 187 Å². The summed E-state index contributed by atoms with van der Waals surface area (Å²) in [5.41, 5.74) is 3.22. The third-order valence-electron chi connectivity index (χ3n) is 4.88. The molecule has 0 spiro atoms. The minimum Gasteiger partial charge on any atom is -0.463 e. The van der Waals surface area contributed by atoms with Crippen LogP contribution in [0, 0.1) is 11.8 Å². The molecule has 32 heavy (non-hydrogen) atoms. The Morgan fingerprint density at radius 2 is 1.44 bits per heavy atom. The summed E-state index contributed by atoms with van der Waals surface area (Å²) in [5.74, 6) is 1.98. The number of nitrogens with one attached hydrogen (secondary N) is 1. The third-order valence-corrected chi connectivity index (χ3v) is 4.88. The van der Waals surface area contributed by atoms with Crippen LogP contribution >= 0.6 is 0 Å². The molecule has 0 aliphatic carbocycles. The van der Waals surface area contributed by atoms with Crippen molar-refractivity contribution in [2.24, 2.45) is 11.8 Å². The SMILES string of the molecule is CC(C)CN(CC(C)C)C(=O)Nc1ccc2nc(-c3ccco3)c(-c3ccco3)nc2c1. The molecule has 4 aromatic rings. The van der Waals surface area contributed by atoms with E-state index in [4.69, 9.17) is 18.8 Å². The van der Waals surface area contributed by atoms with Gasteiger partial charge in [0, 0.05) is 18.8 Å². The first kappa shape index (κ1) is 21.6. The number of benzene rings is 1. The lowest BCUT2D eigenvalue weighted by Crippen LogP contribution is -2.39. The Morgan fingerprint density at radius 1 is 0.875 bits per heavy atom. The topological polar surface area (TPSA) is 84.4 Å². The standard InChI is InChI=1S/C25H28N4O3/c1-16(2)14-29(15-17(3)4)25(30)26-18-9-10-19-20(13-18)28-24(22-8-6-12-32-22)23(27-19)21-7-5-11-31-21/h5-13,16-17H,14-15H2,1-4H3,(H,26,30). The molecule has 2 amide bonds. The lowest BCUT2D eigenvalue weighted by molar-refractivity contribution is 0.196. The second kappa shape index (κ2) is 9.26. The maximum absolute atomic E-state index is 12.9. The fourth-order valence-electron chi connectivity index (χ4n) is 3.63. The van der Waals surface area contributed by atoms with Crippen LogP contribution in [0.25, 0.3) is 33.9 Å². The van der Waals surface area contributed by atoms with Crippen molar-refractivity contribution in [3.8, 4) is 22.9 Å². The number of carbonyl (C=O) groups is 1. The average Bonchev–Trinajstić information content (AvgIpc) is 3.46. The molecule has 0 saturated carbocycles. The zero-order valence-electron chi connectivity index (χ0n) is 18.8. The van der Waals surface area contributed by atoms with E-state index in [9.17, 15) is 4.79 Å². The van der Waals surface area contributed by atoms with Crippen molar-refractivity contribution < 1.29 is 13.6 Å². The van der Waals surface area contributed by atoms with E-state index in [2.05, 4.69) is 33.0 Å². The van der Waals surface area contributed by atoms with Crippen molar-refractivity contribution in [1.82, 2.24) is 14.9 Å². The predicted molar refractivity (Wildman–Crippen MR) is 125 cm³/mol. The molecule has 0 aliphatic rings. The number of fused-ring (bicyclic) bond motifs is 1. The zero-order chi connectivity index (χ0) is 22.7. The van der Waals surface area contributed by atoms with Crippen LogP contribution in [-0.4, -0.2) is 34.0 Å². The lowest BCUT2D eigenvalue weighted by atomic mass is 10.1. The van der Waals surface area contributed by atoms with Crippen LogP contribution in [0.5, 0.6) is 0 Å². The van der Waals surface area contributed by atoms with Gasteiger partial charge in [-0.2, -0.15) is 0 Å². The van der Waals surface area contributed by atoms with Crippen molar-refractivity contribution in [3.05, 3.63) is 55.0 Å². The van der Waals surface area contributed by atoms with E-state index < -0.39 is 0 Å². The van der Waals surface area contributed by atoms with Crippen LogP contribution in [0.4, 0.5) is 10.5 Å². The largest absolute Gasteiger partial charge is 0.463 e. The molecule has 0 radical (unpaired) electrons. The van der Waals surface area contributed by atoms with Crippen LogP contribution in [0.3, 0.4) is 0 Å². The Bertz CT molecular complexity index is 1170. The number of rotatable bonds is 7. The summed E-state index contributed by atoms with van der Waals surface area (Å²) >= 11 is 0. The first-order valence-electron chi connectivity index (χ1n) is 10.9. The molecule has 0 atom stereocenters. The van der Waals surface area contributed by atoms with Gasteiger partial charge in [-0.3, -0.25) is 0 Å². The highest BCUT2D eigenvalue weighted by Crippen LogP contribution is 2.32. The molecule has 0 unspecified atom stereocenters. The summed E-state index contributed by atoms with van der Waals surface area (Å²) in [6.45, 7) is 9.84. The minimum absolute atomic E-state index is 0.113. The smallest absolute Gasteiger partial charge is 0.321 e. The van der Waals surface area contributed by atoms with Gasteiger partial charge < -0.3 is 19.1 Å². The van der Waals surface area contributed by atoms with Crippen molar-refractivity contribution >= 4 is 22.8 Å². The van der Waals surface area contributed by atoms with Gasteiger partial charge in [0.25, 0.3) is 0 Å². The van der Waals surface area contributed by atoms with E-state index in [-0.39, 0.29) is 6.03 Å². The van der Waals surface area contributed by atoms with Gasteiger partial charge in [0.1, 0.15) is 11.4 Å². The molecule has 3 aromatic heterocycles. The number of urea groups is 1. The van der Waals surface area contributed by atoms with Crippen LogP contribution in [0.1, 0.15) is 27.7 Å². The van der Waals surface area contributed by atoms with E-state index in [1.807, 2.05) is 47.4 Å². The highest BCUT2D eigenvalue weighted by molar-refractivity contribution is 5.93. The van der Waals surface area contributed by atoms with Gasteiger partial charge >= 0.3 is 6.03 Å². The molecule has 0 aliphatic heterocycles. The number of amides is 2. The molecule has 166 valence electrons. The van der Waals surface area contributed by atoms with E-state index in [1.165, 1.54) is 0 Å². The number of aromatic nitrogens is 2. The number of carbonyl (C=O) groups excluding carboxylic acids is 1. The number of hydrogen-bond acceptors (Lipinski definition) is 5. The normalized spacial score (nSPS) is 11.4. The Hall–Kier alpha value is -3.61. The summed E-state index contributed by atoms with van der Waals surface area (Å²) in [6.07, 6.45) is 3.20. The van der Waals surface area contributed by atoms with Gasteiger partial charge in [0.05, 0.1) is 23.6 Å². The fourth-order valence-corrected chi connectivity index (χ4v) is 3.63. The summed E-state index contributed by atoms with van der Waals surface area (Å²) in [5, 5.41) is 3.02. The van der Waals surface area contributed by atoms with Crippen LogP contribution in [-0.2, 0) is 0 Å². The van der Waals surface area contributed by atoms with Crippen LogP contribution < -0.4 is 5.32 Å². The summed E-state index contributed by atoms with van der Waals surface area (Å²) in [7, 11) is 0. The molecule has 1 N–H and O–H groups in total. The maximum Gasteiger partial charge on any atom is 0.321 e. The van der Waals surface area contributed by atoms with Gasteiger partial charge in [-0.25, -0.2) is 14.8 Å². The number of nitrogens with zero attached hydrogens (tertiary/aromatic N) is 3. The number of hydrogen-bond donors (Lipinski definition) is 1. The summed E-state index contributed by atoms with van der Waals surface area (Å²) in [6, 6.07) is 12.7. The van der Waals surface area contributed by atoms with Gasteiger partial charge in [-0.1, -0.05) is 27.7 Å². The fraction of sp³-hybridized carbons (Fsp3) is 0.320. The van der Waals surface area contributed by atoms with E-state index in [1.54, 1.807) is 12.5 Å². The Morgan fingerprint density at radius 3 is 1.94 bits per heavy atom. The molecule has 7 nitrogen and oxygen atoms in total. The second-order valence-electron chi connectivity index (χ2n) is 8.70. The predicted octanol–water partition coefficient (Wildman–Crippen LogP) is 6.30. The highest BCUT2D eigenvalue weighted by atomic mass is 16.3. The highest BCUT2D eigenvalue weighted by Gasteiger charge is 2.19.